The van der Waals surface area contributed by atoms with Crippen LogP contribution >= 0.6 is 12.6 Å². The minimum atomic E-state index is -0.178. The fraction of sp³-hybridized carbons (Fsp3) is 0.211. The molecule has 0 aliphatic carbocycles. The maximum Gasteiger partial charge on any atom is 0.248 e. The van der Waals surface area contributed by atoms with Crippen molar-refractivity contribution in [3.05, 3.63) is 76.8 Å². The van der Waals surface area contributed by atoms with Crippen LogP contribution < -0.4 is 10.3 Å². The van der Waals surface area contributed by atoms with E-state index in [1.807, 2.05) is 18.2 Å². The number of pyridine rings is 1. The third-order valence-electron chi connectivity index (χ3n) is 3.25. The normalized spacial score (nSPS) is 10.1. The number of aromatic amines is 1. The molecule has 1 heterocycles. The Labute approximate surface area is 145 Å². The molecule has 3 rings (SSSR count). The summed E-state index contributed by atoms with van der Waals surface area (Å²) in [6.07, 6.45) is 2.07. The van der Waals surface area contributed by atoms with Crippen molar-refractivity contribution >= 4 is 23.5 Å². The van der Waals surface area contributed by atoms with Crippen LogP contribution in [0.5, 0.6) is 5.75 Å². The third kappa shape index (κ3) is 6.08. The van der Waals surface area contributed by atoms with Gasteiger partial charge in [-0.15, -0.1) is 0 Å². The maximum atomic E-state index is 11.9. The average molecular weight is 345 g/mol. The number of hydrogen-bond acceptors (Lipinski definition) is 3. The van der Waals surface area contributed by atoms with Gasteiger partial charge in [-0.05, 0) is 55.0 Å². The van der Waals surface area contributed by atoms with Crippen LogP contribution in [0.4, 0.5) is 4.39 Å². The Morgan fingerprint density at radius 1 is 1.00 bits per heavy atom. The van der Waals surface area contributed by atoms with Crippen molar-refractivity contribution in [1.82, 2.24) is 4.98 Å². The first-order chi connectivity index (χ1) is 11.7. The van der Waals surface area contributed by atoms with Crippen molar-refractivity contribution in [2.75, 3.05) is 12.4 Å². The van der Waals surface area contributed by atoms with E-state index >= 15 is 0 Å². The highest BCUT2D eigenvalue weighted by molar-refractivity contribution is 7.80. The molecule has 24 heavy (non-hydrogen) atoms. The monoisotopic (exact) mass is 345 g/mol. The van der Waals surface area contributed by atoms with Crippen molar-refractivity contribution in [3.63, 3.8) is 0 Å². The summed E-state index contributed by atoms with van der Waals surface area (Å²) in [6.45, 7) is 0.704. The summed E-state index contributed by atoms with van der Waals surface area (Å²) in [5.41, 5.74) is 0.750. The number of hydrogen-bond donors (Lipinski definition) is 2. The molecule has 2 aromatic carbocycles. The molecule has 0 saturated heterocycles. The predicted molar refractivity (Wildman–Crippen MR) is 99.6 cm³/mol. The van der Waals surface area contributed by atoms with Crippen LogP contribution in [0.3, 0.4) is 0 Å². The van der Waals surface area contributed by atoms with Crippen molar-refractivity contribution in [2.24, 2.45) is 0 Å². The minimum Gasteiger partial charge on any atom is -0.494 e. The van der Waals surface area contributed by atoms with Crippen LogP contribution in [0.25, 0.3) is 10.9 Å². The largest absolute Gasteiger partial charge is 0.494 e. The van der Waals surface area contributed by atoms with Gasteiger partial charge in [0.05, 0.1) is 6.61 Å². The molecule has 0 atom stereocenters. The molecule has 5 heteroatoms. The Balaban J connectivity index is 0.000000249. The summed E-state index contributed by atoms with van der Waals surface area (Å²) in [6, 6.07) is 16.9. The lowest BCUT2D eigenvalue weighted by Gasteiger charge is -2.06. The molecule has 0 aliphatic heterocycles. The van der Waals surface area contributed by atoms with Crippen molar-refractivity contribution in [1.29, 1.82) is 0 Å². The van der Waals surface area contributed by atoms with E-state index in [9.17, 15) is 9.18 Å². The Bertz CT molecular complexity index is 805. The summed E-state index contributed by atoms with van der Waals surface area (Å²) < 4.78 is 17.5. The lowest BCUT2D eigenvalue weighted by Crippen LogP contribution is -2.02. The second-order valence-electron chi connectivity index (χ2n) is 5.15. The lowest BCUT2D eigenvalue weighted by molar-refractivity contribution is 0.310. The Hall–Kier alpha value is -2.27. The molecule has 0 spiro atoms. The molecule has 1 aromatic heterocycles. The Morgan fingerprint density at radius 3 is 2.46 bits per heavy atom. The van der Waals surface area contributed by atoms with Gasteiger partial charge in [0.2, 0.25) is 5.56 Å². The van der Waals surface area contributed by atoms with Gasteiger partial charge in [0, 0.05) is 17.0 Å². The van der Waals surface area contributed by atoms with Crippen LogP contribution in [0.1, 0.15) is 12.8 Å². The van der Waals surface area contributed by atoms with Crippen LogP contribution in [-0.2, 0) is 0 Å². The van der Waals surface area contributed by atoms with Crippen molar-refractivity contribution in [3.8, 4) is 5.75 Å². The number of unbranched alkanes of at least 4 members (excludes halogenated alkanes) is 1. The lowest BCUT2D eigenvalue weighted by atomic mass is 10.2. The first-order valence-electron chi connectivity index (χ1n) is 7.76. The number of aromatic nitrogens is 1. The number of rotatable bonds is 5. The molecule has 0 fully saturated rings. The SMILES string of the molecule is Fc1ccccc1.O=c1ccc2cc(OCCCCS)ccc2[nH]1. The van der Waals surface area contributed by atoms with E-state index in [-0.39, 0.29) is 11.4 Å². The van der Waals surface area contributed by atoms with Crippen LogP contribution in [0, 0.1) is 5.82 Å². The minimum absolute atomic E-state index is 0.0834. The molecule has 3 nitrogen and oxygen atoms in total. The highest BCUT2D eigenvalue weighted by Gasteiger charge is 1.98. The number of thiol groups is 1. The summed E-state index contributed by atoms with van der Waals surface area (Å²) in [7, 11) is 0. The summed E-state index contributed by atoms with van der Waals surface area (Å²) >= 11 is 4.15. The predicted octanol–water partition coefficient (Wildman–Crippen LogP) is 4.44. The quantitative estimate of drug-likeness (QED) is 0.530. The summed E-state index contributed by atoms with van der Waals surface area (Å²) in [5.74, 6) is 1.55. The Kier molecular flexibility index (Phi) is 7.36. The number of ether oxygens (including phenoxy) is 1. The van der Waals surface area contributed by atoms with Gasteiger partial charge in [-0.1, -0.05) is 18.2 Å². The zero-order chi connectivity index (χ0) is 17.2. The van der Waals surface area contributed by atoms with Gasteiger partial charge in [-0.3, -0.25) is 4.79 Å². The first-order valence-corrected chi connectivity index (χ1v) is 8.39. The highest BCUT2D eigenvalue weighted by atomic mass is 32.1. The van der Waals surface area contributed by atoms with Gasteiger partial charge in [-0.2, -0.15) is 12.6 Å². The van der Waals surface area contributed by atoms with Gasteiger partial charge in [-0.25, -0.2) is 4.39 Å². The summed E-state index contributed by atoms with van der Waals surface area (Å²) in [5, 5.41) is 0.983. The van der Waals surface area contributed by atoms with Gasteiger partial charge in [0.15, 0.2) is 0 Å². The fourth-order valence-electron chi connectivity index (χ4n) is 2.04. The molecule has 3 aromatic rings. The molecular formula is C19H20FNO2S. The van der Waals surface area contributed by atoms with Gasteiger partial charge < -0.3 is 9.72 Å². The van der Waals surface area contributed by atoms with Crippen LogP contribution in [0.15, 0.2) is 65.5 Å². The van der Waals surface area contributed by atoms with Crippen LogP contribution in [-0.4, -0.2) is 17.3 Å². The van der Waals surface area contributed by atoms with Gasteiger partial charge in [0.25, 0.3) is 0 Å². The number of fused-ring (bicyclic) bond motifs is 1. The van der Waals surface area contributed by atoms with E-state index in [4.69, 9.17) is 4.74 Å². The van der Waals surface area contributed by atoms with E-state index in [0.29, 0.717) is 6.61 Å². The fourth-order valence-corrected chi connectivity index (χ4v) is 2.26. The van der Waals surface area contributed by atoms with Crippen LogP contribution in [0.2, 0.25) is 0 Å². The zero-order valence-corrected chi connectivity index (χ0v) is 14.1. The number of halogens is 1. The molecule has 0 aliphatic rings. The number of H-pyrrole nitrogens is 1. The standard InChI is InChI=1S/C13H15NO2S.C6H5F/c15-13-6-3-10-9-11(4-5-12(10)14-13)16-7-1-2-8-17;7-6-4-2-1-3-5-6/h3-6,9,17H,1-2,7-8H2,(H,14,15);1-5H. The number of benzene rings is 2. The highest BCUT2D eigenvalue weighted by Crippen LogP contribution is 2.18. The molecule has 1 N–H and O–H groups in total. The smallest absolute Gasteiger partial charge is 0.248 e. The second-order valence-corrected chi connectivity index (χ2v) is 5.59. The molecule has 0 bridgehead atoms. The maximum absolute atomic E-state index is 11.9. The molecule has 0 unspecified atom stereocenters. The second kappa shape index (κ2) is 9.78. The van der Waals surface area contributed by atoms with Crippen molar-refractivity contribution in [2.45, 2.75) is 12.8 Å². The van der Waals surface area contributed by atoms with Gasteiger partial charge in [0.1, 0.15) is 11.6 Å². The summed E-state index contributed by atoms with van der Waals surface area (Å²) in [4.78, 5) is 13.9. The first kappa shape index (κ1) is 18.1. The molecular weight excluding hydrogens is 325 g/mol. The molecule has 0 saturated carbocycles. The Morgan fingerprint density at radius 2 is 1.79 bits per heavy atom. The molecule has 0 amide bonds. The van der Waals surface area contributed by atoms with E-state index in [1.54, 1.807) is 24.3 Å². The zero-order valence-electron chi connectivity index (χ0n) is 13.2. The topological polar surface area (TPSA) is 42.1 Å². The van der Waals surface area contributed by atoms with E-state index in [1.165, 1.54) is 18.2 Å². The van der Waals surface area contributed by atoms with E-state index in [2.05, 4.69) is 17.6 Å². The van der Waals surface area contributed by atoms with Crippen molar-refractivity contribution < 1.29 is 9.13 Å². The molecule has 0 radical (unpaired) electrons. The van der Waals surface area contributed by atoms with Gasteiger partial charge >= 0.3 is 0 Å². The van der Waals surface area contributed by atoms with E-state index in [0.717, 1.165) is 35.2 Å². The molecule has 126 valence electrons. The third-order valence-corrected chi connectivity index (χ3v) is 3.57. The average Bonchev–Trinajstić information content (AvgIpc) is 2.60. The number of nitrogens with one attached hydrogen (secondary N) is 1. The van der Waals surface area contributed by atoms with E-state index < -0.39 is 0 Å².